The molecule has 0 aliphatic carbocycles. The first kappa shape index (κ1) is 25.4. The minimum absolute atomic E-state index is 0.0740. The number of pyridine rings is 1. The number of alkyl halides is 3. The molecule has 1 saturated heterocycles. The molecule has 0 radical (unpaired) electrons. The predicted molar refractivity (Wildman–Crippen MR) is 126 cm³/mol. The van der Waals surface area contributed by atoms with Crippen LogP contribution in [0, 0.1) is 12.7 Å². The molecule has 192 valence electrons. The maximum atomic E-state index is 13.7. The second-order valence-electron chi connectivity index (χ2n) is 9.37. The van der Waals surface area contributed by atoms with Crippen LogP contribution in [0.5, 0.6) is 0 Å². The van der Waals surface area contributed by atoms with Crippen molar-refractivity contribution in [3.05, 3.63) is 41.5 Å². The molecule has 0 spiro atoms. The number of aryl methyl sites for hydroxylation is 2. The lowest BCUT2D eigenvalue weighted by atomic mass is 10.1. The summed E-state index contributed by atoms with van der Waals surface area (Å²) in [5.74, 6) is -1.51. The number of hydrogen-bond donors (Lipinski definition) is 1. The van der Waals surface area contributed by atoms with Gasteiger partial charge in [-0.1, -0.05) is 0 Å². The second-order valence-corrected chi connectivity index (χ2v) is 9.37. The van der Waals surface area contributed by atoms with E-state index in [9.17, 15) is 27.2 Å². The number of nitrogens with one attached hydrogen (secondary N) is 1. The average molecular weight is 509 g/mol. The number of piperazine rings is 1. The predicted octanol–water partition coefficient (Wildman–Crippen LogP) is 3.53. The van der Waals surface area contributed by atoms with Gasteiger partial charge in [0.25, 0.3) is 0 Å². The molecule has 1 N–H and O–H groups in total. The first-order valence-electron chi connectivity index (χ1n) is 11.1. The Kier molecular flexibility index (Phi) is 6.37. The molecule has 1 fully saturated rings. The van der Waals surface area contributed by atoms with Crippen LogP contribution in [0.3, 0.4) is 0 Å². The van der Waals surface area contributed by atoms with Gasteiger partial charge in [0, 0.05) is 7.05 Å². The third-order valence-corrected chi connectivity index (χ3v) is 6.37. The third-order valence-electron chi connectivity index (χ3n) is 6.37. The fourth-order valence-corrected chi connectivity index (χ4v) is 4.32. The molecule has 1 aliphatic heterocycles. The zero-order valence-corrected chi connectivity index (χ0v) is 20.2. The van der Waals surface area contributed by atoms with Gasteiger partial charge in [-0.3, -0.25) is 9.48 Å². The molecule has 13 heteroatoms. The van der Waals surface area contributed by atoms with Crippen molar-refractivity contribution in [1.82, 2.24) is 14.8 Å². The average Bonchev–Trinajstić information content (AvgIpc) is 3.08. The van der Waals surface area contributed by atoms with E-state index in [0.29, 0.717) is 47.2 Å². The van der Waals surface area contributed by atoms with E-state index >= 15 is 0 Å². The molecule has 3 amide bonds. The number of imide groups is 1. The van der Waals surface area contributed by atoms with Crippen molar-refractivity contribution in [2.24, 2.45) is 7.05 Å². The van der Waals surface area contributed by atoms with Gasteiger partial charge in [-0.25, -0.2) is 19.1 Å². The number of carbonyl (C=O) groups excluding carboxylic acids is 2. The van der Waals surface area contributed by atoms with Crippen molar-refractivity contribution in [2.45, 2.75) is 13.1 Å². The lowest BCUT2D eigenvalue weighted by Gasteiger charge is -2.40. The molecular formula is C23H26F4N7O2+. The summed E-state index contributed by atoms with van der Waals surface area (Å²) in [4.78, 5) is 31.8. The molecule has 1 aromatic carbocycles. The van der Waals surface area contributed by atoms with Crippen LogP contribution in [-0.2, 0) is 18.0 Å². The van der Waals surface area contributed by atoms with Gasteiger partial charge in [-0.15, -0.1) is 0 Å². The number of anilines is 3. The highest BCUT2D eigenvalue weighted by Crippen LogP contribution is 2.37. The summed E-state index contributed by atoms with van der Waals surface area (Å²) in [6.45, 7) is 4.85. The highest BCUT2D eigenvalue weighted by Gasteiger charge is 2.35. The number of quaternary nitrogens is 1. The van der Waals surface area contributed by atoms with Gasteiger partial charge in [0.2, 0.25) is 6.41 Å². The number of fused-ring (bicyclic) bond motifs is 1. The van der Waals surface area contributed by atoms with Gasteiger partial charge in [-0.2, -0.15) is 18.3 Å². The Hall–Kier alpha value is -3.74. The van der Waals surface area contributed by atoms with Crippen LogP contribution in [-0.4, -0.2) is 72.0 Å². The standard InChI is InChI=1S/C23H25F4N7O2/c1-14-19-20(32-7-9-34(3,4)10-8-32)18(12-28-21(19)31(2)30-14)29-22(36)33(13-35)15-5-6-17(24)16(11-15)23(25,26)27/h5-6,11-13H,7-10H2,1-4H3/p+1. The van der Waals surface area contributed by atoms with Crippen molar-refractivity contribution in [3.63, 3.8) is 0 Å². The van der Waals surface area contributed by atoms with Gasteiger partial charge >= 0.3 is 12.2 Å². The minimum atomic E-state index is -4.99. The lowest BCUT2D eigenvalue weighted by molar-refractivity contribution is -0.890. The van der Waals surface area contributed by atoms with Crippen LogP contribution >= 0.6 is 0 Å². The maximum Gasteiger partial charge on any atom is 0.419 e. The fraction of sp³-hybridized carbons (Fsp3) is 0.391. The minimum Gasteiger partial charge on any atom is -0.358 e. The number of hydrogen-bond acceptors (Lipinski definition) is 5. The van der Waals surface area contributed by atoms with Crippen LogP contribution in [0.1, 0.15) is 11.3 Å². The Balaban J connectivity index is 1.73. The number of amides is 3. The Morgan fingerprint density at radius 2 is 1.89 bits per heavy atom. The highest BCUT2D eigenvalue weighted by atomic mass is 19.4. The topological polar surface area (TPSA) is 83.4 Å². The monoisotopic (exact) mass is 508 g/mol. The molecule has 0 atom stereocenters. The van der Waals surface area contributed by atoms with E-state index < -0.39 is 29.3 Å². The van der Waals surface area contributed by atoms with E-state index in [1.807, 2.05) is 6.92 Å². The van der Waals surface area contributed by atoms with Crippen molar-refractivity contribution in [1.29, 1.82) is 0 Å². The molecule has 4 rings (SSSR count). The molecule has 0 bridgehead atoms. The third kappa shape index (κ3) is 4.70. The zero-order chi connectivity index (χ0) is 26.4. The van der Waals surface area contributed by atoms with Crippen LogP contribution in [0.15, 0.2) is 24.4 Å². The van der Waals surface area contributed by atoms with E-state index in [0.717, 1.165) is 29.0 Å². The van der Waals surface area contributed by atoms with Crippen molar-refractivity contribution < 1.29 is 31.6 Å². The number of urea groups is 1. The van der Waals surface area contributed by atoms with Gasteiger partial charge in [0.05, 0.1) is 80.2 Å². The molecule has 3 aromatic rings. The van der Waals surface area contributed by atoms with Crippen LogP contribution < -0.4 is 15.1 Å². The fourth-order valence-electron chi connectivity index (χ4n) is 4.32. The summed E-state index contributed by atoms with van der Waals surface area (Å²) in [6, 6.07) is 0.897. The molecule has 0 unspecified atom stereocenters. The molecule has 9 nitrogen and oxygen atoms in total. The number of aromatic nitrogens is 3. The summed E-state index contributed by atoms with van der Waals surface area (Å²) in [7, 11) is 6.00. The van der Waals surface area contributed by atoms with Crippen LogP contribution in [0.2, 0.25) is 0 Å². The molecule has 1 aliphatic rings. The second kappa shape index (κ2) is 9.04. The van der Waals surface area contributed by atoms with E-state index in [1.54, 1.807) is 11.7 Å². The molecular weight excluding hydrogens is 482 g/mol. The molecule has 36 heavy (non-hydrogen) atoms. The number of benzene rings is 1. The first-order valence-corrected chi connectivity index (χ1v) is 11.1. The number of likely N-dealkylation sites (N-methyl/N-ethyl adjacent to an activating group) is 1. The van der Waals surface area contributed by atoms with Gasteiger partial charge in [-0.05, 0) is 25.1 Å². The van der Waals surface area contributed by atoms with Crippen molar-refractivity contribution in [2.75, 3.05) is 55.4 Å². The summed E-state index contributed by atoms with van der Waals surface area (Å²) in [6.07, 6.45) is -3.49. The molecule has 3 heterocycles. The highest BCUT2D eigenvalue weighted by molar-refractivity contribution is 6.14. The largest absolute Gasteiger partial charge is 0.419 e. The summed E-state index contributed by atoms with van der Waals surface area (Å²) >= 11 is 0. The Morgan fingerprint density at radius 1 is 1.22 bits per heavy atom. The molecule has 2 aromatic heterocycles. The Morgan fingerprint density at radius 3 is 2.50 bits per heavy atom. The van der Waals surface area contributed by atoms with E-state index in [-0.39, 0.29) is 12.1 Å². The van der Waals surface area contributed by atoms with Crippen molar-refractivity contribution in [3.8, 4) is 0 Å². The number of nitrogens with zero attached hydrogens (tertiary/aromatic N) is 6. The zero-order valence-electron chi connectivity index (χ0n) is 20.2. The smallest absolute Gasteiger partial charge is 0.358 e. The van der Waals surface area contributed by atoms with E-state index in [4.69, 9.17) is 0 Å². The van der Waals surface area contributed by atoms with Gasteiger partial charge in [0.15, 0.2) is 5.65 Å². The SMILES string of the molecule is Cc1nn(C)c2ncc(NC(=O)N(C=O)c3ccc(F)c(C(F)(F)F)c3)c(N3CC[N+](C)(C)CC3)c12. The summed E-state index contributed by atoms with van der Waals surface area (Å²) in [5, 5.41) is 7.77. The number of halogens is 4. The van der Waals surface area contributed by atoms with E-state index in [2.05, 4.69) is 34.4 Å². The summed E-state index contributed by atoms with van der Waals surface area (Å²) in [5.41, 5.74) is 0.219. The Bertz CT molecular complexity index is 1330. The number of rotatable bonds is 4. The lowest BCUT2D eigenvalue weighted by Crippen LogP contribution is -2.55. The van der Waals surface area contributed by atoms with Gasteiger partial charge in [0.1, 0.15) is 5.82 Å². The van der Waals surface area contributed by atoms with Crippen molar-refractivity contribution >= 4 is 40.5 Å². The number of carbonyl (C=O) groups is 2. The first-order chi connectivity index (χ1) is 16.8. The quantitative estimate of drug-likeness (QED) is 0.331. The van der Waals surface area contributed by atoms with E-state index in [1.165, 1.54) is 6.20 Å². The summed E-state index contributed by atoms with van der Waals surface area (Å²) < 4.78 is 55.7. The normalized spacial score (nSPS) is 15.7. The molecule has 0 saturated carbocycles. The van der Waals surface area contributed by atoms with Crippen LogP contribution in [0.25, 0.3) is 11.0 Å². The van der Waals surface area contributed by atoms with Gasteiger partial charge < -0.3 is 14.7 Å². The Labute approximate surface area is 204 Å². The maximum absolute atomic E-state index is 13.7. The van der Waals surface area contributed by atoms with Crippen LogP contribution in [0.4, 0.5) is 39.4 Å².